The van der Waals surface area contributed by atoms with Gasteiger partial charge in [0.2, 0.25) is 5.96 Å². The molecule has 1 aliphatic heterocycles. The molecule has 3 heterocycles. The lowest BCUT2D eigenvalue weighted by Gasteiger charge is -2.30. The highest BCUT2D eigenvalue weighted by atomic mass is 32.1. The minimum absolute atomic E-state index is 0.301. The number of nitrogens with zero attached hydrogens (tertiary/aromatic N) is 4. The number of esters is 1. The summed E-state index contributed by atoms with van der Waals surface area (Å²) in [6.45, 7) is 3.87. The second-order valence-electron chi connectivity index (χ2n) is 10.6. The highest BCUT2D eigenvalue weighted by Gasteiger charge is 2.24. The molecule has 2 aromatic heterocycles. The van der Waals surface area contributed by atoms with Gasteiger partial charge in [-0.25, -0.2) is 9.79 Å². The largest absolute Gasteiger partial charge is 0.497 e. The second kappa shape index (κ2) is 14.2. The third-order valence-corrected chi connectivity index (χ3v) is 8.63. The number of nitrogens with one attached hydrogen (secondary N) is 1. The molecule has 0 spiro atoms. The number of carbonyl (C=O) groups excluding carboxylic acids is 1. The molecule has 0 amide bonds. The lowest BCUT2D eigenvalue weighted by Crippen LogP contribution is -2.39. The standard InChI is InChI=1S/C36H35N5O3S/c1-3-44-30(42)22-21-29-34(38-36(41-23-11-6-12-24-41)37-27-17-19-28(43-2)20-18-27)32-31(25-13-7-4-8-14-25)33(39-40-35(32)45-29)26-15-9-5-10-16-26/h4-5,7-10,13-22H,3,6,11-12,23-24H2,1-2H3,(H,37,38)/b22-21+. The summed E-state index contributed by atoms with van der Waals surface area (Å²) in [5.74, 6) is 1.12. The summed E-state index contributed by atoms with van der Waals surface area (Å²) >= 11 is 1.46. The van der Waals surface area contributed by atoms with Gasteiger partial charge < -0.3 is 19.7 Å². The van der Waals surface area contributed by atoms with Crippen molar-refractivity contribution in [3.05, 3.63) is 95.9 Å². The molecule has 1 fully saturated rings. The number of likely N-dealkylation sites (tertiary alicyclic amines) is 1. The summed E-state index contributed by atoms with van der Waals surface area (Å²) in [5.41, 5.74) is 5.31. The Morgan fingerprint density at radius 1 is 0.933 bits per heavy atom. The molecule has 0 atom stereocenters. The van der Waals surface area contributed by atoms with Gasteiger partial charge in [0.05, 0.1) is 24.3 Å². The molecule has 1 aliphatic rings. The number of ether oxygens (including phenoxy) is 2. The summed E-state index contributed by atoms with van der Waals surface area (Å²) in [7, 11) is 1.66. The van der Waals surface area contributed by atoms with Crippen LogP contribution in [-0.2, 0) is 9.53 Å². The fraction of sp³-hybridized carbons (Fsp3) is 0.222. The Bertz CT molecular complexity index is 1810. The average molecular weight is 618 g/mol. The number of carbonyl (C=O) groups is 1. The minimum atomic E-state index is -0.406. The van der Waals surface area contributed by atoms with Crippen LogP contribution < -0.4 is 10.1 Å². The van der Waals surface area contributed by atoms with Crippen LogP contribution in [0.3, 0.4) is 0 Å². The van der Waals surface area contributed by atoms with Crippen molar-refractivity contribution in [2.45, 2.75) is 26.2 Å². The van der Waals surface area contributed by atoms with Crippen LogP contribution in [0, 0.1) is 0 Å². The van der Waals surface area contributed by atoms with E-state index in [0.29, 0.717) is 6.61 Å². The van der Waals surface area contributed by atoms with E-state index in [1.165, 1.54) is 23.8 Å². The normalized spacial score (nSPS) is 13.7. The van der Waals surface area contributed by atoms with Gasteiger partial charge in [0.25, 0.3) is 0 Å². The summed E-state index contributed by atoms with van der Waals surface area (Å²) in [6.07, 6.45) is 6.60. The summed E-state index contributed by atoms with van der Waals surface area (Å²) in [6, 6.07) is 28.1. The monoisotopic (exact) mass is 617 g/mol. The molecule has 0 bridgehead atoms. The summed E-state index contributed by atoms with van der Waals surface area (Å²) in [4.78, 5) is 21.7. The predicted molar refractivity (Wildman–Crippen MR) is 183 cm³/mol. The van der Waals surface area contributed by atoms with E-state index in [2.05, 4.69) is 22.3 Å². The fourth-order valence-electron chi connectivity index (χ4n) is 5.42. The zero-order chi connectivity index (χ0) is 31.0. The second-order valence-corrected chi connectivity index (χ2v) is 11.6. The SMILES string of the molecule is CCOC(=O)/C=C/c1sc2nnc(-c3ccccc3)c(-c3ccccc3)c2c1N=C(Nc1ccc(OC)cc1)N1CCCCC1. The Morgan fingerprint density at radius 2 is 1.62 bits per heavy atom. The van der Waals surface area contributed by atoms with Gasteiger partial charge in [0, 0.05) is 41.4 Å². The van der Waals surface area contributed by atoms with Gasteiger partial charge in [0.15, 0.2) is 0 Å². The van der Waals surface area contributed by atoms with E-state index < -0.39 is 5.97 Å². The molecule has 3 aromatic carbocycles. The zero-order valence-electron chi connectivity index (χ0n) is 25.4. The van der Waals surface area contributed by atoms with Gasteiger partial charge >= 0.3 is 5.97 Å². The molecule has 0 saturated carbocycles. The lowest BCUT2D eigenvalue weighted by molar-refractivity contribution is -0.137. The van der Waals surface area contributed by atoms with Crippen LogP contribution in [0.15, 0.2) is 96.0 Å². The van der Waals surface area contributed by atoms with Crippen LogP contribution in [0.1, 0.15) is 31.1 Å². The maximum absolute atomic E-state index is 12.4. The quantitative estimate of drug-likeness (QED) is 0.0813. The van der Waals surface area contributed by atoms with Crippen molar-refractivity contribution in [3.8, 4) is 28.1 Å². The molecular weight excluding hydrogens is 582 g/mol. The van der Waals surface area contributed by atoms with Crippen LogP contribution in [0.5, 0.6) is 5.75 Å². The number of aromatic nitrogens is 2. The number of methoxy groups -OCH3 is 1. The number of benzene rings is 3. The van der Waals surface area contributed by atoms with Gasteiger partial charge in [-0.05, 0) is 62.1 Å². The summed E-state index contributed by atoms with van der Waals surface area (Å²) in [5, 5.41) is 13.9. The Hall–Kier alpha value is -5.02. The number of hydrogen-bond donors (Lipinski definition) is 1. The number of thiophene rings is 1. The molecule has 0 radical (unpaired) electrons. The number of anilines is 1. The molecule has 0 unspecified atom stereocenters. The molecule has 5 aromatic rings. The molecule has 1 saturated heterocycles. The van der Waals surface area contributed by atoms with Crippen molar-refractivity contribution in [2.24, 2.45) is 4.99 Å². The number of piperidine rings is 1. The Labute approximate surface area is 267 Å². The van der Waals surface area contributed by atoms with E-state index in [4.69, 9.17) is 24.7 Å². The van der Waals surface area contributed by atoms with Gasteiger partial charge in [-0.15, -0.1) is 21.5 Å². The van der Waals surface area contributed by atoms with Crippen LogP contribution in [0.2, 0.25) is 0 Å². The Morgan fingerprint density at radius 3 is 2.29 bits per heavy atom. The van der Waals surface area contributed by atoms with Crippen LogP contribution >= 0.6 is 11.3 Å². The number of rotatable bonds is 8. The Kier molecular flexibility index (Phi) is 9.46. The lowest BCUT2D eigenvalue weighted by atomic mass is 9.96. The molecule has 1 N–H and O–H groups in total. The molecule has 0 aliphatic carbocycles. The van der Waals surface area contributed by atoms with Crippen molar-refractivity contribution < 1.29 is 14.3 Å². The summed E-state index contributed by atoms with van der Waals surface area (Å²) < 4.78 is 10.6. The first-order valence-electron chi connectivity index (χ1n) is 15.2. The highest BCUT2D eigenvalue weighted by Crippen LogP contribution is 2.46. The van der Waals surface area contributed by atoms with Crippen LogP contribution in [0.4, 0.5) is 11.4 Å². The van der Waals surface area contributed by atoms with Gasteiger partial charge in [-0.2, -0.15) is 0 Å². The molecular formula is C36H35N5O3S. The van der Waals surface area contributed by atoms with E-state index in [-0.39, 0.29) is 0 Å². The Balaban J connectivity index is 1.61. The smallest absolute Gasteiger partial charge is 0.330 e. The third kappa shape index (κ3) is 6.89. The zero-order valence-corrected chi connectivity index (χ0v) is 26.2. The fourth-order valence-corrected chi connectivity index (χ4v) is 6.39. The van der Waals surface area contributed by atoms with E-state index in [9.17, 15) is 4.79 Å². The molecule has 228 valence electrons. The molecule has 6 rings (SSSR count). The number of aliphatic imine (C=N–C) groups is 1. The van der Waals surface area contributed by atoms with Crippen molar-refractivity contribution in [3.63, 3.8) is 0 Å². The topological polar surface area (TPSA) is 88.9 Å². The van der Waals surface area contributed by atoms with Crippen LogP contribution in [0.25, 0.3) is 38.7 Å². The molecule has 9 heteroatoms. The maximum atomic E-state index is 12.4. The maximum Gasteiger partial charge on any atom is 0.330 e. The number of hydrogen-bond acceptors (Lipinski definition) is 7. The number of guanidine groups is 1. The van der Waals surface area contributed by atoms with Crippen molar-refractivity contribution in [1.82, 2.24) is 15.1 Å². The van der Waals surface area contributed by atoms with E-state index >= 15 is 0 Å². The van der Waals surface area contributed by atoms with E-state index in [1.807, 2.05) is 72.8 Å². The first kappa shape index (κ1) is 30.0. The van der Waals surface area contributed by atoms with E-state index in [1.54, 1.807) is 20.1 Å². The third-order valence-electron chi connectivity index (χ3n) is 7.60. The number of fused-ring (bicyclic) bond motifs is 1. The van der Waals surface area contributed by atoms with E-state index in [0.717, 1.165) is 86.5 Å². The average Bonchev–Trinajstić information content (AvgIpc) is 3.45. The molecule has 45 heavy (non-hydrogen) atoms. The van der Waals surface area contributed by atoms with Gasteiger partial charge in [-0.3, -0.25) is 0 Å². The van der Waals surface area contributed by atoms with Crippen molar-refractivity contribution in [2.75, 3.05) is 32.1 Å². The molecule has 8 nitrogen and oxygen atoms in total. The predicted octanol–water partition coefficient (Wildman–Crippen LogP) is 8.20. The van der Waals surface area contributed by atoms with Gasteiger partial charge in [-0.1, -0.05) is 60.7 Å². The van der Waals surface area contributed by atoms with Crippen molar-refractivity contribution >= 4 is 50.9 Å². The van der Waals surface area contributed by atoms with Crippen LogP contribution in [-0.4, -0.2) is 53.8 Å². The van der Waals surface area contributed by atoms with Crippen molar-refractivity contribution in [1.29, 1.82) is 0 Å². The van der Waals surface area contributed by atoms with Gasteiger partial charge in [0.1, 0.15) is 16.3 Å². The highest BCUT2D eigenvalue weighted by molar-refractivity contribution is 7.20. The first-order valence-corrected chi connectivity index (χ1v) is 16.0. The first-order chi connectivity index (χ1) is 22.1. The minimum Gasteiger partial charge on any atom is -0.497 e.